The number of carbonyl (C=O) groups excluding carboxylic acids is 1. The summed E-state index contributed by atoms with van der Waals surface area (Å²) in [6, 6.07) is 33.4. The van der Waals surface area contributed by atoms with E-state index in [1.165, 1.54) is 21.2 Å². The fourth-order valence-corrected chi connectivity index (χ4v) is 5.01. The molecule has 0 saturated carbocycles. The van der Waals surface area contributed by atoms with E-state index in [0.29, 0.717) is 6.54 Å². The lowest BCUT2D eigenvalue weighted by Crippen LogP contribution is -3.09. The first kappa shape index (κ1) is 23.2. The maximum absolute atomic E-state index is 13.5. The van der Waals surface area contributed by atoms with E-state index in [0.717, 1.165) is 28.3 Å². The van der Waals surface area contributed by atoms with Gasteiger partial charge in [0.05, 0.1) is 18.8 Å². The summed E-state index contributed by atoms with van der Waals surface area (Å²) in [4.78, 5) is 15.9. The van der Waals surface area contributed by atoms with Gasteiger partial charge in [-0.25, -0.2) is 5.01 Å². The second-order valence-electron chi connectivity index (χ2n) is 9.03. The fourth-order valence-electron chi connectivity index (χ4n) is 4.60. The number of rotatable bonds is 7. The lowest BCUT2D eigenvalue weighted by Gasteiger charge is -2.26. The first-order chi connectivity index (χ1) is 17.1. The molecule has 1 amide bonds. The zero-order valence-corrected chi connectivity index (χ0v) is 20.9. The molecule has 0 spiro atoms. The number of amides is 1. The molecule has 0 saturated heterocycles. The lowest BCUT2D eigenvalue weighted by atomic mass is 10.0. The zero-order valence-electron chi connectivity index (χ0n) is 20.1. The highest BCUT2D eigenvalue weighted by Crippen LogP contribution is 2.32. The van der Waals surface area contributed by atoms with Crippen molar-refractivity contribution in [2.24, 2.45) is 0 Å². The van der Waals surface area contributed by atoms with E-state index in [2.05, 4.69) is 104 Å². The molecule has 1 heterocycles. The SMILES string of the molecule is CSc1ccc(C[NH+](C)CC(=O)N2NC(c3ccc4ccccc4c3)=C[C@@H]2c2ccccc2)cc1. The van der Waals surface area contributed by atoms with Crippen LogP contribution in [0.5, 0.6) is 0 Å². The third-order valence-corrected chi connectivity index (χ3v) is 7.18. The molecule has 1 aliphatic heterocycles. The number of likely N-dealkylation sites (N-methyl/N-ethyl adjacent to an activating group) is 1. The predicted octanol–water partition coefficient (Wildman–Crippen LogP) is 4.71. The van der Waals surface area contributed by atoms with E-state index >= 15 is 0 Å². The van der Waals surface area contributed by atoms with Crippen LogP contribution in [0.3, 0.4) is 0 Å². The van der Waals surface area contributed by atoms with Gasteiger partial charge in [-0.1, -0.05) is 78.9 Å². The third-order valence-electron chi connectivity index (χ3n) is 6.43. The Hall–Kier alpha value is -3.54. The van der Waals surface area contributed by atoms with Crippen molar-refractivity contribution in [3.05, 3.63) is 120 Å². The number of quaternary nitrogens is 1. The predicted molar refractivity (Wildman–Crippen MR) is 145 cm³/mol. The third kappa shape index (κ3) is 5.26. The smallest absolute Gasteiger partial charge is 0.296 e. The molecule has 4 nitrogen and oxygen atoms in total. The highest BCUT2D eigenvalue weighted by atomic mass is 32.2. The second-order valence-corrected chi connectivity index (χ2v) is 9.91. The quantitative estimate of drug-likeness (QED) is 0.376. The molecule has 0 aromatic heterocycles. The number of hydrazine groups is 1. The van der Waals surface area contributed by atoms with Crippen LogP contribution in [0.1, 0.15) is 22.7 Å². The van der Waals surface area contributed by atoms with Crippen LogP contribution in [-0.2, 0) is 11.3 Å². The molecule has 176 valence electrons. The molecule has 0 bridgehead atoms. The van der Waals surface area contributed by atoms with Gasteiger partial charge in [0.15, 0.2) is 6.54 Å². The van der Waals surface area contributed by atoms with Crippen LogP contribution in [0.25, 0.3) is 16.5 Å². The molecule has 5 heteroatoms. The van der Waals surface area contributed by atoms with Gasteiger partial charge < -0.3 is 4.90 Å². The molecule has 0 aliphatic carbocycles. The summed E-state index contributed by atoms with van der Waals surface area (Å²) < 4.78 is 0. The molecule has 4 aromatic rings. The molecule has 0 radical (unpaired) electrons. The van der Waals surface area contributed by atoms with Gasteiger partial charge in [0.1, 0.15) is 6.54 Å². The second kappa shape index (κ2) is 10.4. The van der Waals surface area contributed by atoms with E-state index in [1.54, 1.807) is 16.8 Å². The van der Waals surface area contributed by atoms with Gasteiger partial charge in [-0.05, 0) is 52.4 Å². The molecule has 5 rings (SSSR count). The minimum Gasteiger partial charge on any atom is -0.326 e. The summed E-state index contributed by atoms with van der Waals surface area (Å²) in [5.41, 5.74) is 7.80. The van der Waals surface area contributed by atoms with Crippen LogP contribution in [0, 0.1) is 0 Å². The Balaban J connectivity index is 1.36. The Labute approximate surface area is 211 Å². The van der Waals surface area contributed by atoms with Gasteiger partial charge in [0.25, 0.3) is 5.91 Å². The molecular formula is C30H30N3OS+. The summed E-state index contributed by atoms with van der Waals surface area (Å²) in [6.07, 6.45) is 4.24. The largest absolute Gasteiger partial charge is 0.326 e. The van der Waals surface area contributed by atoms with Gasteiger partial charge >= 0.3 is 0 Å². The van der Waals surface area contributed by atoms with Crippen LogP contribution in [-0.4, -0.2) is 30.8 Å². The summed E-state index contributed by atoms with van der Waals surface area (Å²) in [7, 11) is 2.08. The Kier molecular flexibility index (Phi) is 6.89. The lowest BCUT2D eigenvalue weighted by molar-refractivity contribution is -0.885. The van der Waals surface area contributed by atoms with E-state index in [9.17, 15) is 4.79 Å². The number of nitrogens with one attached hydrogen (secondary N) is 2. The van der Waals surface area contributed by atoms with Crippen molar-refractivity contribution >= 4 is 34.1 Å². The summed E-state index contributed by atoms with van der Waals surface area (Å²) in [5.74, 6) is 0.0733. The normalized spacial score (nSPS) is 16.1. The van der Waals surface area contributed by atoms with E-state index in [1.807, 2.05) is 18.2 Å². The van der Waals surface area contributed by atoms with Crippen molar-refractivity contribution in [1.29, 1.82) is 0 Å². The van der Waals surface area contributed by atoms with Gasteiger partial charge in [0.2, 0.25) is 0 Å². The van der Waals surface area contributed by atoms with Gasteiger partial charge in [0, 0.05) is 10.5 Å². The minimum absolute atomic E-state index is 0.0733. The van der Waals surface area contributed by atoms with Crippen molar-refractivity contribution in [3.8, 4) is 0 Å². The summed E-state index contributed by atoms with van der Waals surface area (Å²) in [5, 5.41) is 4.18. The average Bonchev–Trinajstić information content (AvgIpc) is 3.35. The molecule has 4 aromatic carbocycles. The van der Waals surface area contributed by atoms with Crippen molar-refractivity contribution < 1.29 is 9.69 Å². The van der Waals surface area contributed by atoms with Gasteiger partial charge in [-0.15, -0.1) is 11.8 Å². The number of hydrogen-bond acceptors (Lipinski definition) is 3. The molecule has 1 aliphatic rings. The van der Waals surface area contributed by atoms with Crippen molar-refractivity contribution in [2.75, 3.05) is 19.8 Å². The summed E-state index contributed by atoms with van der Waals surface area (Å²) in [6.45, 7) is 1.20. The monoisotopic (exact) mass is 480 g/mol. The molecule has 2 N–H and O–H groups in total. The number of hydrogen-bond donors (Lipinski definition) is 2. The number of carbonyl (C=O) groups is 1. The van der Waals surface area contributed by atoms with Crippen LogP contribution in [0.15, 0.2) is 108 Å². The maximum atomic E-state index is 13.5. The van der Waals surface area contributed by atoms with Crippen molar-refractivity contribution in [2.45, 2.75) is 17.5 Å². The zero-order chi connectivity index (χ0) is 24.2. The Bertz CT molecular complexity index is 1350. The van der Waals surface area contributed by atoms with E-state index < -0.39 is 0 Å². The Morgan fingerprint density at radius 3 is 2.37 bits per heavy atom. The van der Waals surface area contributed by atoms with Crippen LogP contribution in [0.2, 0.25) is 0 Å². The van der Waals surface area contributed by atoms with Crippen molar-refractivity contribution in [3.63, 3.8) is 0 Å². The van der Waals surface area contributed by atoms with Crippen LogP contribution in [0.4, 0.5) is 0 Å². The first-order valence-electron chi connectivity index (χ1n) is 11.9. The minimum atomic E-state index is -0.154. The van der Waals surface area contributed by atoms with E-state index in [4.69, 9.17) is 0 Å². The molecule has 35 heavy (non-hydrogen) atoms. The number of fused-ring (bicyclic) bond motifs is 1. The standard InChI is InChI=1S/C30H29N3OS/c1-32(20-22-12-16-27(35-2)17-13-22)21-30(34)33-29(24-9-4-3-5-10-24)19-28(31-33)26-15-14-23-8-6-7-11-25(23)18-26/h3-19,29,31H,20-21H2,1-2H3/p+1/t29-/m1/s1. The number of benzene rings is 4. The Morgan fingerprint density at radius 1 is 0.914 bits per heavy atom. The van der Waals surface area contributed by atoms with Crippen LogP contribution < -0.4 is 10.3 Å². The molecular weight excluding hydrogens is 450 g/mol. The number of nitrogens with zero attached hydrogens (tertiary/aromatic N) is 1. The maximum Gasteiger partial charge on any atom is 0.296 e. The average molecular weight is 481 g/mol. The molecule has 0 fully saturated rings. The highest BCUT2D eigenvalue weighted by molar-refractivity contribution is 7.98. The number of thioether (sulfide) groups is 1. The van der Waals surface area contributed by atoms with Gasteiger partial charge in [-0.2, -0.15) is 0 Å². The van der Waals surface area contributed by atoms with Crippen molar-refractivity contribution in [1.82, 2.24) is 10.4 Å². The summed E-state index contributed by atoms with van der Waals surface area (Å²) >= 11 is 1.74. The first-order valence-corrected chi connectivity index (χ1v) is 13.1. The Morgan fingerprint density at radius 2 is 1.63 bits per heavy atom. The fraction of sp³-hybridized carbons (Fsp3) is 0.167. The topological polar surface area (TPSA) is 36.8 Å². The van der Waals surface area contributed by atoms with Crippen LogP contribution >= 0.6 is 11.8 Å². The molecule has 1 unspecified atom stereocenters. The molecule has 2 atom stereocenters. The van der Waals surface area contributed by atoms with E-state index in [-0.39, 0.29) is 11.9 Å². The van der Waals surface area contributed by atoms with Gasteiger partial charge in [-0.3, -0.25) is 10.2 Å². The highest BCUT2D eigenvalue weighted by Gasteiger charge is 2.32.